The molecule has 2 amide bonds. The van der Waals surface area contributed by atoms with Crippen molar-refractivity contribution in [3.8, 4) is 0 Å². The molecular weight excluding hydrogens is 356 g/mol. The summed E-state index contributed by atoms with van der Waals surface area (Å²) in [5, 5.41) is 2.65. The Kier molecular flexibility index (Phi) is 10.3. The average Bonchev–Trinajstić information content (AvgIpc) is 2.63. The van der Waals surface area contributed by atoms with E-state index in [-0.39, 0.29) is 12.5 Å². The first kappa shape index (κ1) is 23.7. The van der Waals surface area contributed by atoms with Gasteiger partial charge in [-0.2, -0.15) is 0 Å². The summed E-state index contributed by atoms with van der Waals surface area (Å²) < 4.78 is 11.0. The Balaban J connectivity index is 2.65. The summed E-state index contributed by atoms with van der Waals surface area (Å²) in [6.07, 6.45) is 4.00. The van der Waals surface area contributed by atoms with Gasteiger partial charge in [0.05, 0.1) is 13.2 Å². The van der Waals surface area contributed by atoms with Crippen molar-refractivity contribution in [2.45, 2.75) is 58.3 Å². The lowest BCUT2D eigenvalue weighted by Gasteiger charge is -2.26. The fraction of sp³-hybridized carbons (Fsp3) is 0.545. The maximum Gasteiger partial charge on any atom is 0.408 e. The number of alkyl carbamates (subject to hydrolysis) is 1. The molecule has 1 atom stereocenters. The lowest BCUT2D eigenvalue weighted by atomic mass is 10.2. The highest BCUT2D eigenvalue weighted by Crippen LogP contribution is 2.08. The van der Waals surface area contributed by atoms with Gasteiger partial charge in [-0.1, -0.05) is 36.4 Å². The van der Waals surface area contributed by atoms with E-state index in [1.807, 2.05) is 36.4 Å². The van der Waals surface area contributed by atoms with E-state index in [4.69, 9.17) is 9.47 Å². The summed E-state index contributed by atoms with van der Waals surface area (Å²) in [6.45, 7) is 10.1. The van der Waals surface area contributed by atoms with Gasteiger partial charge in [-0.3, -0.25) is 4.79 Å². The molecule has 0 bridgehead atoms. The number of benzene rings is 1. The van der Waals surface area contributed by atoms with Crippen LogP contribution in [0.4, 0.5) is 4.79 Å². The second kappa shape index (κ2) is 12.2. The molecule has 0 heterocycles. The van der Waals surface area contributed by atoms with Gasteiger partial charge in [0.25, 0.3) is 0 Å². The van der Waals surface area contributed by atoms with Gasteiger partial charge >= 0.3 is 6.09 Å². The molecule has 0 saturated carbocycles. The van der Waals surface area contributed by atoms with Crippen molar-refractivity contribution < 1.29 is 19.1 Å². The third kappa shape index (κ3) is 10.1. The van der Waals surface area contributed by atoms with Crippen molar-refractivity contribution in [1.29, 1.82) is 0 Å². The number of nitrogens with zero attached hydrogens (tertiary/aromatic N) is 1. The summed E-state index contributed by atoms with van der Waals surface area (Å²) in [7, 11) is 1.73. The molecule has 28 heavy (non-hydrogen) atoms. The lowest BCUT2D eigenvalue weighted by molar-refractivity contribution is -0.134. The molecule has 0 unspecified atom stereocenters. The van der Waals surface area contributed by atoms with Crippen LogP contribution >= 0.6 is 0 Å². The van der Waals surface area contributed by atoms with Gasteiger partial charge in [-0.25, -0.2) is 4.79 Å². The molecule has 1 aromatic rings. The number of carbonyl (C=O) groups is 2. The zero-order chi connectivity index (χ0) is 21.0. The standard InChI is InChI=1S/C22H34N2O4/c1-6-7-8-12-15-24(5)20(25)19(23-21(26)28-22(2,3)4)17-27-16-18-13-10-9-11-14-18/h6,9-11,13-14,19H,1,7-8,12,15-17H2,2-5H3,(H,23,26)/t19-/m0/s1. The quantitative estimate of drug-likeness (QED) is 0.459. The molecule has 1 rings (SSSR count). The van der Waals surface area contributed by atoms with Crippen LogP contribution in [0.5, 0.6) is 0 Å². The van der Waals surface area contributed by atoms with Gasteiger partial charge < -0.3 is 19.7 Å². The molecular formula is C22H34N2O4. The maximum absolute atomic E-state index is 12.8. The Morgan fingerprint density at radius 3 is 2.50 bits per heavy atom. The van der Waals surface area contributed by atoms with Crippen molar-refractivity contribution in [3.05, 3.63) is 48.6 Å². The summed E-state index contributed by atoms with van der Waals surface area (Å²) in [5.41, 5.74) is 0.364. The van der Waals surface area contributed by atoms with Crippen molar-refractivity contribution >= 4 is 12.0 Å². The van der Waals surface area contributed by atoms with Crippen LogP contribution in [-0.4, -0.2) is 48.7 Å². The molecule has 156 valence electrons. The number of ether oxygens (including phenoxy) is 2. The molecule has 6 heteroatoms. The Morgan fingerprint density at radius 2 is 1.89 bits per heavy atom. The van der Waals surface area contributed by atoms with Crippen LogP contribution in [0.3, 0.4) is 0 Å². The molecule has 0 aromatic heterocycles. The first-order valence-corrected chi connectivity index (χ1v) is 9.70. The van der Waals surface area contributed by atoms with E-state index in [1.165, 1.54) is 0 Å². The van der Waals surface area contributed by atoms with Gasteiger partial charge in [0.2, 0.25) is 5.91 Å². The first-order valence-electron chi connectivity index (χ1n) is 9.70. The topological polar surface area (TPSA) is 67.9 Å². The monoisotopic (exact) mass is 390 g/mol. The highest BCUT2D eigenvalue weighted by Gasteiger charge is 2.26. The first-order chi connectivity index (χ1) is 13.2. The van der Waals surface area contributed by atoms with Crippen LogP contribution in [0.1, 0.15) is 45.6 Å². The third-order valence-electron chi connectivity index (χ3n) is 3.91. The number of carbonyl (C=O) groups excluding carboxylic acids is 2. The Bertz CT molecular complexity index is 611. The number of hydrogen-bond acceptors (Lipinski definition) is 4. The van der Waals surface area contributed by atoms with Gasteiger partial charge in [-0.05, 0) is 45.6 Å². The van der Waals surface area contributed by atoms with E-state index in [9.17, 15) is 9.59 Å². The molecule has 1 aromatic carbocycles. The number of rotatable bonds is 11. The largest absolute Gasteiger partial charge is 0.444 e. The van der Waals surface area contributed by atoms with Crippen LogP contribution in [0.15, 0.2) is 43.0 Å². The fourth-order valence-corrected chi connectivity index (χ4v) is 2.51. The summed E-state index contributed by atoms with van der Waals surface area (Å²) in [5.74, 6) is -0.197. The minimum atomic E-state index is -0.803. The summed E-state index contributed by atoms with van der Waals surface area (Å²) >= 11 is 0. The second-order valence-corrected chi connectivity index (χ2v) is 7.74. The number of likely N-dealkylation sites (N-methyl/N-ethyl adjacent to an activating group) is 1. The van der Waals surface area contributed by atoms with E-state index in [0.717, 1.165) is 24.8 Å². The fourth-order valence-electron chi connectivity index (χ4n) is 2.51. The average molecular weight is 391 g/mol. The molecule has 6 nitrogen and oxygen atoms in total. The van der Waals surface area contributed by atoms with Crippen LogP contribution < -0.4 is 5.32 Å². The molecule has 0 aliphatic carbocycles. The van der Waals surface area contributed by atoms with Crippen LogP contribution in [0.2, 0.25) is 0 Å². The maximum atomic E-state index is 12.8. The lowest BCUT2D eigenvalue weighted by Crippen LogP contribution is -2.51. The van der Waals surface area contributed by atoms with E-state index in [2.05, 4.69) is 11.9 Å². The number of allylic oxidation sites excluding steroid dienone is 1. The third-order valence-corrected chi connectivity index (χ3v) is 3.91. The normalized spacial score (nSPS) is 12.1. The van der Waals surface area contributed by atoms with Crippen LogP contribution in [0.25, 0.3) is 0 Å². The zero-order valence-corrected chi connectivity index (χ0v) is 17.6. The van der Waals surface area contributed by atoms with E-state index >= 15 is 0 Å². The molecule has 0 spiro atoms. The number of hydrogen-bond donors (Lipinski definition) is 1. The predicted molar refractivity (Wildman–Crippen MR) is 111 cm³/mol. The molecule has 0 fully saturated rings. The zero-order valence-electron chi connectivity index (χ0n) is 17.6. The SMILES string of the molecule is C=CCCCCN(C)C(=O)[C@H](COCc1ccccc1)NC(=O)OC(C)(C)C. The Hall–Kier alpha value is -2.34. The predicted octanol–water partition coefficient (Wildman–Crippen LogP) is 3.91. The second-order valence-electron chi connectivity index (χ2n) is 7.74. The molecule has 0 radical (unpaired) electrons. The van der Waals surface area contributed by atoms with Crippen molar-refractivity contribution in [1.82, 2.24) is 10.2 Å². The molecule has 1 N–H and O–H groups in total. The van der Waals surface area contributed by atoms with Crippen molar-refractivity contribution in [3.63, 3.8) is 0 Å². The minimum Gasteiger partial charge on any atom is -0.444 e. The highest BCUT2D eigenvalue weighted by atomic mass is 16.6. The van der Waals surface area contributed by atoms with Gasteiger partial charge in [0, 0.05) is 13.6 Å². The molecule has 0 aliphatic rings. The molecule has 0 saturated heterocycles. The van der Waals surface area contributed by atoms with Gasteiger partial charge in [-0.15, -0.1) is 6.58 Å². The van der Waals surface area contributed by atoms with Crippen molar-refractivity contribution in [2.75, 3.05) is 20.2 Å². The van der Waals surface area contributed by atoms with Crippen LogP contribution in [0, 0.1) is 0 Å². The minimum absolute atomic E-state index is 0.0734. The highest BCUT2D eigenvalue weighted by molar-refractivity contribution is 5.85. The van der Waals surface area contributed by atoms with E-state index in [1.54, 1.807) is 32.7 Å². The van der Waals surface area contributed by atoms with Gasteiger partial charge in [0.15, 0.2) is 0 Å². The summed E-state index contributed by atoms with van der Waals surface area (Å²) in [4.78, 5) is 26.6. The Morgan fingerprint density at radius 1 is 1.21 bits per heavy atom. The number of unbranched alkanes of at least 4 members (excludes halogenated alkanes) is 2. The van der Waals surface area contributed by atoms with E-state index < -0.39 is 17.7 Å². The number of amides is 2. The summed E-state index contributed by atoms with van der Waals surface area (Å²) in [6, 6.07) is 8.88. The smallest absolute Gasteiger partial charge is 0.408 e. The van der Waals surface area contributed by atoms with Gasteiger partial charge in [0.1, 0.15) is 11.6 Å². The van der Waals surface area contributed by atoms with Crippen LogP contribution in [-0.2, 0) is 20.9 Å². The van der Waals surface area contributed by atoms with Crippen molar-refractivity contribution in [2.24, 2.45) is 0 Å². The Labute approximate surface area is 168 Å². The molecule has 0 aliphatic heterocycles. The van der Waals surface area contributed by atoms with E-state index in [0.29, 0.717) is 13.2 Å². The number of nitrogens with one attached hydrogen (secondary N) is 1.